The number of nitrogens with two attached hydrogens (primary N) is 1. The second kappa shape index (κ2) is 6.44. The molecule has 0 aromatic heterocycles. The molecule has 0 unspecified atom stereocenters. The summed E-state index contributed by atoms with van der Waals surface area (Å²) in [5, 5.41) is 0. The first-order chi connectivity index (χ1) is 6.76. The van der Waals surface area contributed by atoms with Crippen LogP contribution in [0, 0.1) is 5.92 Å². The fourth-order valence-electron chi connectivity index (χ4n) is 2.06. The van der Waals surface area contributed by atoms with E-state index in [1.807, 2.05) is 0 Å². The minimum atomic E-state index is 0.839. The molecule has 82 valence electrons. The van der Waals surface area contributed by atoms with Gasteiger partial charge >= 0.3 is 0 Å². The summed E-state index contributed by atoms with van der Waals surface area (Å²) in [5.74, 6) is 0.858. The number of nitrogens with zero attached hydrogens (tertiary/aromatic N) is 1. The summed E-state index contributed by atoms with van der Waals surface area (Å²) in [7, 11) is 0. The van der Waals surface area contributed by atoms with Crippen molar-refractivity contribution >= 4 is 11.6 Å². The fourth-order valence-corrected chi connectivity index (χ4v) is 2.13. The normalized spacial score (nSPS) is 21.5. The zero-order valence-electron chi connectivity index (χ0n) is 9.01. The third-order valence-corrected chi connectivity index (χ3v) is 3.31. The van der Waals surface area contributed by atoms with Gasteiger partial charge in [0.2, 0.25) is 0 Å². The predicted octanol–water partition coefficient (Wildman–Crippen LogP) is 2.19. The van der Waals surface area contributed by atoms with Gasteiger partial charge in [-0.1, -0.05) is 11.6 Å². The Labute approximate surface area is 92.1 Å². The highest BCUT2D eigenvalue weighted by Gasteiger charge is 2.18. The minimum Gasteiger partial charge on any atom is -0.330 e. The summed E-state index contributed by atoms with van der Waals surface area (Å²) >= 11 is 5.64. The second-order valence-corrected chi connectivity index (χ2v) is 4.47. The maximum absolute atomic E-state index is 5.64. The average Bonchev–Trinajstić information content (AvgIpc) is 2.21. The number of rotatable bonds is 4. The van der Waals surface area contributed by atoms with Crippen LogP contribution in [0.2, 0.25) is 0 Å². The minimum absolute atomic E-state index is 0.839. The molecule has 14 heavy (non-hydrogen) atoms. The Morgan fingerprint density at radius 1 is 1.50 bits per heavy atom. The number of halogens is 1. The molecule has 0 amide bonds. The van der Waals surface area contributed by atoms with E-state index in [1.54, 1.807) is 5.54 Å². The quantitative estimate of drug-likeness (QED) is 0.781. The van der Waals surface area contributed by atoms with Gasteiger partial charge in [0.15, 0.2) is 0 Å². The van der Waals surface area contributed by atoms with E-state index in [9.17, 15) is 0 Å². The van der Waals surface area contributed by atoms with Gasteiger partial charge < -0.3 is 5.73 Å². The van der Waals surface area contributed by atoms with Gasteiger partial charge in [-0.15, -0.1) is 0 Å². The van der Waals surface area contributed by atoms with E-state index in [4.69, 9.17) is 17.3 Å². The van der Waals surface area contributed by atoms with Gasteiger partial charge in [-0.3, -0.25) is 4.90 Å². The summed E-state index contributed by atoms with van der Waals surface area (Å²) in [6, 6.07) is 0. The highest BCUT2D eigenvalue weighted by atomic mass is 35.5. The third-order valence-electron chi connectivity index (χ3n) is 2.94. The zero-order chi connectivity index (χ0) is 10.4. The number of hydrogen-bond donors (Lipinski definition) is 1. The van der Waals surface area contributed by atoms with Crippen molar-refractivity contribution in [1.82, 2.24) is 4.90 Å². The van der Waals surface area contributed by atoms with Gasteiger partial charge in [-0.2, -0.15) is 0 Å². The molecule has 0 aromatic carbocycles. The van der Waals surface area contributed by atoms with Crippen LogP contribution in [0.15, 0.2) is 11.1 Å². The average molecular weight is 217 g/mol. The van der Waals surface area contributed by atoms with Crippen molar-refractivity contribution in [2.24, 2.45) is 11.7 Å². The Morgan fingerprint density at radius 2 is 2.14 bits per heavy atom. The monoisotopic (exact) mass is 216 g/mol. The van der Waals surface area contributed by atoms with Crippen molar-refractivity contribution in [2.75, 3.05) is 26.2 Å². The van der Waals surface area contributed by atoms with E-state index in [0.717, 1.165) is 19.0 Å². The van der Waals surface area contributed by atoms with Crippen molar-refractivity contribution in [3.05, 3.63) is 11.1 Å². The molecule has 0 aliphatic carbocycles. The second-order valence-electron chi connectivity index (χ2n) is 4.25. The van der Waals surface area contributed by atoms with Gasteiger partial charge in [0.1, 0.15) is 0 Å². The summed E-state index contributed by atoms with van der Waals surface area (Å²) in [6.45, 7) is 6.35. The van der Waals surface area contributed by atoms with E-state index in [0.29, 0.717) is 0 Å². The van der Waals surface area contributed by atoms with Gasteiger partial charge in [0.25, 0.3) is 0 Å². The molecule has 1 rings (SSSR count). The lowest BCUT2D eigenvalue weighted by Gasteiger charge is -2.31. The zero-order valence-corrected chi connectivity index (χ0v) is 9.76. The maximum Gasteiger partial charge on any atom is 0.0201 e. The molecule has 0 spiro atoms. The van der Waals surface area contributed by atoms with E-state index in [1.165, 1.54) is 37.9 Å². The largest absolute Gasteiger partial charge is 0.330 e. The predicted molar refractivity (Wildman–Crippen MR) is 62.4 cm³/mol. The van der Waals surface area contributed by atoms with Crippen molar-refractivity contribution in [3.63, 3.8) is 0 Å². The Balaban J connectivity index is 2.22. The third kappa shape index (κ3) is 3.99. The van der Waals surface area contributed by atoms with Gasteiger partial charge in [-0.05, 0) is 57.3 Å². The molecule has 0 saturated carbocycles. The van der Waals surface area contributed by atoms with Crippen molar-refractivity contribution in [1.29, 1.82) is 0 Å². The lowest BCUT2D eigenvalue weighted by atomic mass is 9.93. The number of likely N-dealkylation sites (tertiary alicyclic amines) is 1. The molecule has 1 heterocycles. The van der Waals surface area contributed by atoms with Crippen molar-refractivity contribution < 1.29 is 0 Å². The molecule has 1 fully saturated rings. The lowest BCUT2D eigenvalue weighted by Crippen LogP contribution is -2.35. The molecule has 0 bridgehead atoms. The standard InChI is InChI=1S/C11H21ClN2/c1-10(8-12)9-14-6-3-11(2-5-13)4-7-14/h8,11H,2-7,9,13H2,1H3. The summed E-state index contributed by atoms with van der Waals surface area (Å²) < 4.78 is 0. The number of piperidine rings is 1. The topological polar surface area (TPSA) is 29.3 Å². The van der Waals surface area contributed by atoms with Crippen LogP contribution in [0.25, 0.3) is 0 Å². The first-order valence-corrected chi connectivity index (χ1v) is 5.88. The van der Waals surface area contributed by atoms with Crippen LogP contribution < -0.4 is 5.73 Å². The van der Waals surface area contributed by atoms with Crippen LogP contribution >= 0.6 is 11.6 Å². The summed E-state index contributed by atoms with van der Waals surface area (Å²) in [4.78, 5) is 2.47. The Morgan fingerprint density at radius 3 is 2.64 bits per heavy atom. The molecule has 0 radical (unpaired) electrons. The first kappa shape index (κ1) is 12.0. The van der Waals surface area contributed by atoms with Crippen LogP contribution in [0.5, 0.6) is 0 Å². The highest BCUT2D eigenvalue weighted by molar-refractivity contribution is 6.25. The molecule has 1 aliphatic heterocycles. The van der Waals surface area contributed by atoms with Crippen LogP contribution in [-0.2, 0) is 0 Å². The molecule has 3 heteroatoms. The molecule has 0 aromatic rings. The van der Waals surface area contributed by atoms with Gasteiger partial charge in [0.05, 0.1) is 0 Å². The lowest BCUT2D eigenvalue weighted by molar-refractivity contribution is 0.193. The summed E-state index contributed by atoms with van der Waals surface area (Å²) in [5.41, 5.74) is 8.50. The maximum atomic E-state index is 5.64. The van der Waals surface area contributed by atoms with E-state index < -0.39 is 0 Å². The van der Waals surface area contributed by atoms with Crippen LogP contribution in [0.3, 0.4) is 0 Å². The van der Waals surface area contributed by atoms with Crippen LogP contribution in [0.4, 0.5) is 0 Å². The van der Waals surface area contributed by atoms with E-state index >= 15 is 0 Å². The van der Waals surface area contributed by atoms with Gasteiger partial charge in [0, 0.05) is 12.1 Å². The molecule has 1 aliphatic rings. The Kier molecular flexibility index (Phi) is 5.53. The van der Waals surface area contributed by atoms with E-state index in [2.05, 4.69) is 11.8 Å². The molecular formula is C11H21ClN2. The van der Waals surface area contributed by atoms with Crippen LogP contribution in [0.1, 0.15) is 26.2 Å². The SMILES string of the molecule is CC(=CCl)CN1CCC(CCN)CC1. The Bertz CT molecular complexity index is 184. The smallest absolute Gasteiger partial charge is 0.0201 e. The fraction of sp³-hybridized carbons (Fsp3) is 0.818. The van der Waals surface area contributed by atoms with E-state index in [-0.39, 0.29) is 0 Å². The number of hydrogen-bond acceptors (Lipinski definition) is 2. The first-order valence-electron chi connectivity index (χ1n) is 5.44. The molecule has 0 atom stereocenters. The summed E-state index contributed by atoms with van der Waals surface area (Å²) in [6.07, 6.45) is 3.79. The molecular weight excluding hydrogens is 196 g/mol. The Hall–Kier alpha value is -0.0500. The molecule has 1 saturated heterocycles. The highest BCUT2D eigenvalue weighted by Crippen LogP contribution is 2.20. The van der Waals surface area contributed by atoms with Crippen molar-refractivity contribution in [3.8, 4) is 0 Å². The van der Waals surface area contributed by atoms with Gasteiger partial charge in [-0.25, -0.2) is 0 Å². The molecule has 2 N–H and O–H groups in total. The van der Waals surface area contributed by atoms with Crippen LogP contribution in [-0.4, -0.2) is 31.1 Å². The molecule has 2 nitrogen and oxygen atoms in total. The van der Waals surface area contributed by atoms with Crippen molar-refractivity contribution in [2.45, 2.75) is 26.2 Å².